The lowest BCUT2D eigenvalue weighted by Gasteiger charge is -2.35. The fraction of sp³-hybridized carbons (Fsp3) is 0.450. The second kappa shape index (κ2) is 7.82. The minimum absolute atomic E-state index is 0.224. The highest BCUT2D eigenvalue weighted by molar-refractivity contribution is 5.74. The quantitative estimate of drug-likeness (QED) is 0.698. The molecule has 1 aliphatic rings. The van der Waals surface area contributed by atoms with Crippen molar-refractivity contribution < 1.29 is 4.39 Å². The third-order valence-electron chi connectivity index (χ3n) is 5.41. The van der Waals surface area contributed by atoms with E-state index in [1.807, 2.05) is 23.6 Å². The maximum Gasteiger partial charge on any atom is 0.329 e. The molecule has 0 spiro atoms. The van der Waals surface area contributed by atoms with E-state index in [1.165, 1.54) is 16.7 Å². The Morgan fingerprint density at radius 1 is 1.10 bits per heavy atom. The number of nitrogens with zero attached hydrogens (tertiary/aromatic N) is 5. The summed E-state index contributed by atoms with van der Waals surface area (Å²) in [5.74, 6) is 0.507. The van der Waals surface area contributed by atoms with E-state index in [9.17, 15) is 14.0 Å². The molecule has 1 aliphatic heterocycles. The molecular weight excluding hydrogens is 375 g/mol. The Morgan fingerprint density at radius 2 is 1.79 bits per heavy atom. The van der Waals surface area contributed by atoms with Gasteiger partial charge in [0.1, 0.15) is 5.82 Å². The number of imidazole rings is 1. The van der Waals surface area contributed by atoms with Crippen molar-refractivity contribution in [2.75, 3.05) is 31.1 Å². The lowest BCUT2D eigenvalue weighted by molar-refractivity contribution is 0.248. The van der Waals surface area contributed by atoms with Crippen LogP contribution in [-0.2, 0) is 20.1 Å². The number of anilines is 1. The Balaban J connectivity index is 1.58. The molecule has 3 heterocycles. The highest BCUT2D eigenvalue weighted by atomic mass is 19.1. The number of nitrogens with one attached hydrogen (secondary N) is 1. The van der Waals surface area contributed by atoms with Crippen molar-refractivity contribution in [3.05, 3.63) is 56.5 Å². The predicted molar refractivity (Wildman–Crippen MR) is 110 cm³/mol. The van der Waals surface area contributed by atoms with Crippen LogP contribution in [-0.4, -0.2) is 50.2 Å². The molecule has 1 saturated heterocycles. The molecular formula is C20H25FN6O2. The van der Waals surface area contributed by atoms with Gasteiger partial charge in [0, 0.05) is 46.3 Å². The second-order valence-electron chi connectivity index (χ2n) is 7.44. The predicted octanol–water partition coefficient (Wildman–Crippen LogP) is 1.29. The lowest BCUT2D eigenvalue weighted by atomic mass is 10.2. The monoisotopic (exact) mass is 400 g/mol. The Hall–Kier alpha value is -2.94. The molecule has 0 unspecified atom stereocenters. The van der Waals surface area contributed by atoms with Gasteiger partial charge in [-0.2, -0.15) is 4.98 Å². The largest absolute Gasteiger partial charge is 0.340 e. The third kappa shape index (κ3) is 3.69. The van der Waals surface area contributed by atoms with Gasteiger partial charge < -0.3 is 9.47 Å². The van der Waals surface area contributed by atoms with Gasteiger partial charge in [-0.05, 0) is 24.1 Å². The topological polar surface area (TPSA) is 79.2 Å². The number of halogens is 1. The summed E-state index contributed by atoms with van der Waals surface area (Å²) in [5, 5.41) is 0. The van der Waals surface area contributed by atoms with Gasteiger partial charge in [-0.15, -0.1) is 0 Å². The maximum absolute atomic E-state index is 13.1. The van der Waals surface area contributed by atoms with E-state index in [1.54, 1.807) is 7.05 Å². The van der Waals surface area contributed by atoms with Crippen LogP contribution in [0.4, 0.5) is 10.3 Å². The van der Waals surface area contributed by atoms with E-state index >= 15 is 0 Å². The summed E-state index contributed by atoms with van der Waals surface area (Å²) >= 11 is 0. The van der Waals surface area contributed by atoms with Crippen LogP contribution >= 0.6 is 0 Å². The van der Waals surface area contributed by atoms with E-state index < -0.39 is 11.2 Å². The van der Waals surface area contributed by atoms with E-state index in [0.29, 0.717) is 17.7 Å². The number of hydrogen-bond acceptors (Lipinski definition) is 5. The first-order valence-corrected chi connectivity index (χ1v) is 9.89. The van der Waals surface area contributed by atoms with Gasteiger partial charge >= 0.3 is 5.69 Å². The van der Waals surface area contributed by atoms with E-state index in [4.69, 9.17) is 0 Å². The highest BCUT2D eigenvalue weighted by Crippen LogP contribution is 2.22. The number of aromatic amines is 1. The van der Waals surface area contributed by atoms with Crippen LogP contribution in [0, 0.1) is 5.82 Å². The lowest BCUT2D eigenvalue weighted by Crippen LogP contribution is -2.46. The molecule has 0 amide bonds. The molecule has 1 N–H and O–H groups in total. The van der Waals surface area contributed by atoms with Crippen molar-refractivity contribution in [3.8, 4) is 0 Å². The molecule has 9 heteroatoms. The fourth-order valence-corrected chi connectivity index (χ4v) is 3.85. The Bertz CT molecular complexity index is 1120. The molecule has 0 aliphatic carbocycles. The average molecular weight is 400 g/mol. The fourth-order valence-electron chi connectivity index (χ4n) is 3.85. The molecule has 1 aromatic carbocycles. The van der Waals surface area contributed by atoms with Crippen molar-refractivity contribution in [1.82, 2.24) is 24.0 Å². The number of aryl methyl sites for hydroxylation is 2. The molecule has 0 saturated carbocycles. The minimum Gasteiger partial charge on any atom is -0.340 e. The SMILES string of the molecule is CCCn1c(N2CCN(Cc3ccc(F)cc3)CC2)nc2c1c(=O)[nH]c(=O)n2C. The van der Waals surface area contributed by atoms with Crippen molar-refractivity contribution >= 4 is 17.1 Å². The molecule has 154 valence electrons. The van der Waals surface area contributed by atoms with Crippen molar-refractivity contribution in [3.63, 3.8) is 0 Å². The van der Waals surface area contributed by atoms with Gasteiger partial charge in [0.2, 0.25) is 5.95 Å². The maximum atomic E-state index is 13.1. The van der Waals surface area contributed by atoms with E-state index in [2.05, 4.69) is 19.8 Å². The zero-order chi connectivity index (χ0) is 20.5. The van der Waals surface area contributed by atoms with Gasteiger partial charge in [-0.3, -0.25) is 19.2 Å². The van der Waals surface area contributed by atoms with Crippen LogP contribution in [0.2, 0.25) is 0 Å². The summed E-state index contributed by atoms with van der Waals surface area (Å²) in [5.41, 5.74) is 1.08. The van der Waals surface area contributed by atoms with Gasteiger partial charge in [-0.25, -0.2) is 9.18 Å². The molecule has 3 aromatic rings. The zero-order valence-electron chi connectivity index (χ0n) is 16.7. The van der Waals surface area contributed by atoms with Gasteiger partial charge in [0.05, 0.1) is 0 Å². The summed E-state index contributed by atoms with van der Waals surface area (Å²) in [4.78, 5) is 35.9. The summed E-state index contributed by atoms with van der Waals surface area (Å²) in [6.07, 6.45) is 0.852. The molecule has 1 fully saturated rings. The van der Waals surface area contributed by atoms with Crippen molar-refractivity contribution in [2.24, 2.45) is 7.05 Å². The standard InChI is InChI=1S/C20H25FN6O2/c1-3-8-27-16-17(24(2)20(29)23-18(16)28)22-19(27)26-11-9-25(10-12-26)13-14-4-6-15(21)7-5-14/h4-7H,3,8-13H2,1-2H3,(H,23,28,29). The van der Waals surface area contributed by atoms with Crippen LogP contribution in [0.25, 0.3) is 11.2 Å². The van der Waals surface area contributed by atoms with Crippen LogP contribution in [0.3, 0.4) is 0 Å². The Morgan fingerprint density at radius 3 is 2.45 bits per heavy atom. The van der Waals surface area contributed by atoms with Gasteiger partial charge in [0.15, 0.2) is 11.2 Å². The molecule has 2 aromatic heterocycles. The molecule has 8 nitrogen and oxygen atoms in total. The normalized spacial score (nSPS) is 15.3. The summed E-state index contributed by atoms with van der Waals surface area (Å²) in [6, 6.07) is 6.60. The van der Waals surface area contributed by atoms with Gasteiger partial charge in [-0.1, -0.05) is 19.1 Å². The number of benzene rings is 1. The molecule has 4 rings (SSSR count). The molecule has 29 heavy (non-hydrogen) atoms. The van der Waals surface area contributed by atoms with Crippen LogP contribution in [0.1, 0.15) is 18.9 Å². The van der Waals surface area contributed by atoms with Crippen LogP contribution in [0.15, 0.2) is 33.9 Å². The van der Waals surface area contributed by atoms with Crippen LogP contribution in [0.5, 0.6) is 0 Å². The first-order valence-electron chi connectivity index (χ1n) is 9.89. The van der Waals surface area contributed by atoms with E-state index in [-0.39, 0.29) is 5.82 Å². The van der Waals surface area contributed by atoms with Crippen molar-refractivity contribution in [2.45, 2.75) is 26.4 Å². The smallest absolute Gasteiger partial charge is 0.329 e. The molecule has 0 bridgehead atoms. The van der Waals surface area contributed by atoms with Crippen LogP contribution < -0.4 is 16.1 Å². The molecule has 0 radical (unpaired) electrons. The number of piperazine rings is 1. The number of H-pyrrole nitrogens is 1. The third-order valence-corrected chi connectivity index (χ3v) is 5.41. The van der Waals surface area contributed by atoms with Crippen molar-refractivity contribution in [1.29, 1.82) is 0 Å². The van der Waals surface area contributed by atoms with Gasteiger partial charge in [0.25, 0.3) is 5.56 Å². The summed E-state index contributed by atoms with van der Waals surface area (Å²) < 4.78 is 16.4. The summed E-state index contributed by atoms with van der Waals surface area (Å²) in [7, 11) is 1.62. The zero-order valence-corrected chi connectivity index (χ0v) is 16.7. The first kappa shape index (κ1) is 19.4. The highest BCUT2D eigenvalue weighted by Gasteiger charge is 2.24. The molecule has 0 atom stereocenters. The second-order valence-corrected chi connectivity index (χ2v) is 7.44. The number of aromatic nitrogens is 4. The first-order chi connectivity index (χ1) is 14.0. The van der Waals surface area contributed by atoms with E-state index in [0.717, 1.165) is 50.7 Å². The minimum atomic E-state index is -0.459. The number of hydrogen-bond donors (Lipinski definition) is 1. The number of rotatable bonds is 5. The summed E-state index contributed by atoms with van der Waals surface area (Å²) in [6.45, 7) is 6.67. The Kier molecular flexibility index (Phi) is 5.23. The average Bonchev–Trinajstić information content (AvgIpc) is 3.09. The number of fused-ring (bicyclic) bond motifs is 1. The Labute approximate surface area is 167 Å².